The van der Waals surface area contributed by atoms with Crippen molar-refractivity contribution in [3.63, 3.8) is 0 Å². The lowest BCUT2D eigenvalue weighted by molar-refractivity contribution is 0.0928. The van der Waals surface area contributed by atoms with Gasteiger partial charge in [0.15, 0.2) is 11.3 Å². The molecule has 4 heterocycles. The van der Waals surface area contributed by atoms with Crippen molar-refractivity contribution in [3.8, 4) is 16.9 Å². The van der Waals surface area contributed by atoms with E-state index >= 15 is 0 Å². The third kappa shape index (κ3) is 3.65. The van der Waals surface area contributed by atoms with Crippen LogP contribution in [0.1, 0.15) is 27.3 Å². The molecule has 5 aromatic rings. The van der Waals surface area contributed by atoms with Crippen LogP contribution in [-0.2, 0) is 6.42 Å². The molecule has 0 saturated carbocycles. The van der Waals surface area contributed by atoms with Crippen LogP contribution in [0.4, 0.5) is 0 Å². The Hall–Kier alpha value is -4.26. The van der Waals surface area contributed by atoms with Gasteiger partial charge in [-0.15, -0.1) is 0 Å². The number of carbonyl (C=O) groups is 1. The first kappa shape index (κ1) is 20.4. The summed E-state index contributed by atoms with van der Waals surface area (Å²) in [7, 11) is 0. The molecule has 0 saturated heterocycles. The maximum Gasteiger partial charge on any atom is 0.272 e. The Morgan fingerprint density at radius 1 is 1.15 bits per heavy atom. The molecule has 0 fully saturated rings. The van der Waals surface area contributed by atoms with E-state index in [9.17, 15) is 4.79 Å². The zero-order chi connectivity index (χ0) is 23.2. The third-order valence-corrected chi connectivity index (χ3v) is 6.14. The molecule has 34 heavy (non-hydrogen) atoms. The minimum absolute atomic E-state index is 0.139. The topological polar surface area (TPSA) is 81.4 Å². The summed E-state index contributed by atoms with van der Waals surface area (Å²) in [6, 6.07) is 18.2. The molecule has 1 aliphatic rings. The Morgan fingerprint density at radius 2 is 2.06 bits per heavy atom. The Morgan fingerprint density at radius 3 is 2.94 bits per heavy atom. The first-order valence-corrected chi connectivity index (χ1v) is 11.3. The summed E-state index contributed by atoms with van der Waals surface area (Å²) >= 11 is 0. The number of hydrogen-bond acceptors (Lipinski definition) is 5. The van der Waals surface area contributed by atoms with Crippen LogP contribution in [0.3, 0.4) is 0 Å². The van der Waals surface area contributed by atoms with Crippen LogP contribution in [0.5, 0.6) is 5.75 Å². The van der Waals surface area contributed by atoms with Gasteiger partial charge in [-0.2, -0.15) is 5.10 Å². The average molecular weight is 450 g/mol. The van der Waals surface area contributed by atoms with E-state index in [2.05, 4.69) is 63.7 Å². The standard InChI is InChI=1S/C27H23N5O2/c1-16-10-20-13-21(15-29-27(33)24-14-25-28-8-3-9-32(25)31-24)34-26(20)22(11-16)18-6-7-23-19(12-18)5-4-17(2)30-23/h3-12,14,21H,13,15H2,1-2H3,(H,29,33). The van der Waals surface area contributed by atoms with Gasteiger partial charge in [0.25, 0.3) is 5.91 Å². The lowest BCUT2D eigenvalue weighted by Crippen LogP contribution is -2.34. The minimum atomic E-state index is -0.237. The monoisotopic (exact) mass is 449 g/mol. The molecule has 0 aliphatic carbocycles. The smallest absolute Gasteiger partial charge is 0.272 e. The molecule has 3 aromatic heterocycles. The fraction of sp³-hybridized carbons (Fsp3) is 0.185. The number of fused-ring (bicyclic) bond motifs is 3. The van der Waals surface area contributed by atoms with Crippen LogP contribution in [0.2, 0.25) is 0 Å². The Labute approximate surface area is 196 Å². The second kappa shape index (κ2) is 7.95. The molecule has 0 bridgehead atoms. The van der Waals surface area contributed by atoms with Crippen LogP contribution in [0.25, 0.3) is 27.7 Å². The fourth-order valence-corrected chi connectivity index (χ4v) is 4.55. The number of ether oxygens (including phenoxy) is 1. The molecule has 1 aliphatic heterocycles. The predicted molar refractivity (Wildman–Crippen MR) is 130 cm³/mol. The van der Waals surface area contributed by atoms with Gasteiger partial charge in [-0.3, -0.25) is 9.78 Å². The molecular weight excluding hydrogens is 426 g/mol. The van der Waals surface area contributed by atoms with E-state index in [1.807, 2.05) is 13.0 Å². The maximum atomic E-state index is 12.7. The largest absolute Gasteiger partial charge is 0.487 e. The van der Waals surface area contributed by atoms with Crippen LogP contribution in [0, 0.1) is 13.8 Å². The normalized spacial score (nSPS) is 14.8. The Kier molecular flexibility index (Phi) is 4.76. The van der Waals surface area contributed by atoms with Gasteiger partial charge in [0.05, 0.1) is 12.1 Å². The number of nitrogens with one attached hydrogen (secondary N) is 1. The van der Waals surface area contributed by atoms with E-state index < -0.39 is 0 Å². The van der Waals surface area contributed by atoms with Crippen molar-refractivity contribution >= 4 is 22.5 Å². The van der Waals surface area contributed by atoms with E-state index in [1.165, 1.54) is 5.56 Å². The van der Waals surface area contributed by atoms with Crippen LogP contribution < -0.4 is 10.1 Å². The first-order chi connectivity index (χ1) is 16.5. The van der Waals surface area contributed by atoms with Crippen LogP contribution in [0.15, 0.2) is 67.0 Å². The number of rotatable bonds is 4. The lowest BCUT2D eigenvalue weighted by Gasteiger charge is -2.14. The molecule has 0 radical (unpaired) electrons. The maximum absolute atomic E-state index is 12.7. The molecule has 7 heteroatoms. The molecule has 1 amide bonds. The summed E-state index contributed by atoms with van der Waals surface area (Å²) in [5.74, 6) is 0.653. The van der Waals surface area contributed by atoms with Gasteiger partial charge in [0.2, 0.25) is 0 Å². The van der Waals surface area contributed by atoms with E-state index in [-0.39, 0.29) is 12.0 Å². The molecule has 1 unspecified atom stereocenters. The molecule has 7 nitrogen and oxygen atoms in total. The number of aryl methyl sites for hydroxylation is 2. The van der Waals surface area contributed by atoms with Gasteiger partial charge in [0, 0.05) is 41.5 Å². The fourth-order valence-electron chi connectivity index (χ4n) is 4.55. The summed E-state index contributed by atoms with van der Waals surface area (Å²) in [4.78, 5) is 21.5. The van der Waals surface area contributed by atoms with Crippen molar-refractivity contribution < 1.29 is 9.53 Å². The van der Waals surface area contributed by atoms with E-state index in [4.69, 9.17) is 4.74 Å². The number of pyridine rings is 1. The lowest BCUT2D eigenvalue weighted by atomic mass is 9.97. The van der Waals surface area contributed by atoms with Gasteiger partial charge in [-0.1, -0.05) is 18.2 Å². The molecule has 2 aromatic carbocycles. The van der Waals surface area contributed by atoms with Gasteiger partial charge >= 0.3 is 0 Å². The highest BCUT2D eigenvalue weighted by molar-refractivity contribution is 5.93. The molecule has 0 spiro atoms. The predicted octanol–water partition coefficient (Wildman–Crippen LogP) is 4.29. The second-order valence-electron chi connectivity index (χ2n) is 8.77. The first-order valence-electron chi connectivity index (χ1n) is 11.3. The highest BCUT2D eigenvalue weighted by Crippen LogP contribution is 2.40. The second-order valence-corrected chi connectivity index (χ2v) is 8.77. The number of benzene rings is 2. The summed E-state index contributed by atoms with van der Waals surface area (Å²) in [6.45, 7) is 4.50. The van der Waals surface area contributed by atoms with Crippen molar-refractivity contribution in [1.29, 1.82) is 0 Å². The van der Waals surface area contributed by atoms with Crippen molar-refractivity contribution in [1.82, 2.24) is 24.9 Å². The Bertz CT molecular complexity index is 1540. The number of nitrogens with zero attached hydrogens (tertiary/aromatic N) is 4. The number of carbonyl (C=O) groups excluding carboxylic acids is 1. The van der Waals surface area contributed by atoms with Crippen LogP contribution >= 0.6 is 0 Å². The van der Waals surface area contributed by atoms with E-state index in [0.717, 1.165) is 45.5 Å². The highest BCUT2D eigenvalue weighted by Gasteiger charge is 2.27. The minimum Gasteiger partial charge on any atom is -0.487 e. The van der Waals surface area contributed by atoms with E-state index in [0.29, 0.717) is 17.9 Å². The molecular formula is C27H23N5O2. The average Bonchev–Trinajstić information content (AvgIpc) is 3.45. The highest BCUT2D eigenvalue weighted by atomic mass is 16.5. The summed E-state index contributed by atoms with van der Waals surface area (Å²) in [5.41, 5.74) is 7.47. The molecule has 1 atom stereocenters. The summed E-state index contributed by atoms with van der Waals surface area (Å²) in [5, 5.41) is 8.35. The van der Waals surface area contributed by atoms with Crippen LogP contribution in [-0.4, -0.2) is 38.1 Å². The third-order valence-electron chi connectivity index (χ3n) is 6.14. The van der Waals surface area contributed by atoms with Gasteiger partial charge in [-0.25, -0.2) is 9.50 Å². The van der Waals surface area contributed by atoms with Crippen molar-refractivity contribution in [2.24, 2.45) is 0 Å². The van der Waals surface area contributed by atoms with E-state index in [1.54, 1.807) is 29.0 Å². The van der Waals surface area contributed by atoms with Gasteiger partial charge in [0.1, 0.15) is 11.9 Å². The zero-order valence-electron chi connectivity index (χ0n) is 18.9. The number of amides is 1. The number of hydrogen-bond donors (Lipinski definition) is 1. The molecule has 1 N–H and O–H groups in total. The van der Waals surface area contributed by atoms with Gasteiger partial charge < -0.3 is 10.1 Å². The quantitative estimate of drug-likeness (QED) is 0.443. The van der Waals surface area contributed by atoms with Gasteiger partial charge in [-0.05, 0) is 60.9 Å². The molecule has 168 valence electrons. The van der Waals surface area contributed by atoms with Crippen molar-refractivity contribution in [3.05, 3.63) is 89.5 Å². The SMILES string of the molecule is Cc1cc2c(c(-c3ccc4nc(C)ccc4c3)c1)OC(CNC(=O)c1cc3ncccn3n1)C2. The molecule has 6 rings (SSSR count). The zero-order valence-corrected chi connectivity index (χ0v) is 18.9. The number of aromatic nitrogens is 4. The summed E-state index contributed by atoms with van der Waals surface area (Å²) in [6.07, 6.45) is 4.05. The van der Waals surface area contributed by atoms with Crippen molar-refractivity contribution in [2.75, 3.05) is 6.54 Å². The van der Waals surface area contributed by atoms with Crippen molar-refractivity contribution in [2.45, 2.75) is 26.4 Å². The summed E-state index contributed by atoms with van der Waals surface area (Å²) < 4.78 is 7.95. The Balaban J connectivity index is 1.22.